The molecule has 0 aromatic heterocycles. The van der Waals surface area contributed by atoms with E-state index in [4.69, 9.17) is 10.6 Å². The first-order valence-electron chi connectivity index (χ1n) is 5.91. The Morgan fingerprint density at radius 1 is 1.35 bits per heavy atom. The molecule has 4 N–H and O–H groups in total. The number of hydrogen-bond donors (Lipinski definition) is 3. The summed E-state index contributed by atoms with van der Waals surface area (Å²) in [7, 11) is 1.72. The third-order valence-corrected chi connectivity index (χ3v) is 2.85. The standard InChI is InChI=1S/C13H23N3O/c1-9(2)12-6-11(7-15-8-16-14)10(3)5-13(12)17-4/h5-6,9,15-16H,7-8,14H2,1-4H3. The highest BCUT2D eigenvalue weighted by molar-refractivity contribution is 5.43. The first kappa shape index (κ1) is 14.0. The van der Waals surface area contributed by atoms with Gasteiger partial charge in [-0.1, -0.05) is 19.9 Å². The van der Waals surface area contributed by atoms with Gasteiger partial charge in [0, 0.05) is 6.54 Å². The second-order valence-corrected chi connectivity index (χ2v) is 4.48. The Labute approximate surface area is 104 Å². The van der Waals surface area contributed by atoms with E-state index in [0.29, 0.717) is 12.6 Å². The summed E-state index contributed by atoms with van der Waals surface area (Å²) < 4.78 is 5.42. The van der Waals surface area contributed by atoms with Crippen LogP contribution in [0.15, 0.2) is 12.1 Å². The summed E-state index contributed by atoms with van der Waals surface area (Å²) in [6.07, 6.45) is 0. The lowest BCUT2D eigenvalue weighted by Gasteiger charge is -2.16. The minimum atomic E-state index is 0.455. The second-order valence-electron chi connectivity index (χ2n) is 4.48. The molecule has 0 heterocycles. The van der Waals surface area contributed by atoms with Gasteiger partial charge in [0.2, 0.25) is 0 Å². The van der Waals surface area contributed by atoms with Crippen molar-refractivity contribution >= 4 is 0 Å². The maximum atomic E-state index is 5.42. The maximum Gasteiger partial charge on any atom is 0.122 e. The van der Waals surface area contributed by atoms with Gasteiger partial charge in [-0.3, -0.25) is 11.2 Å². The molecule has 4 nitrogen and oxygen atoms in total. The van der Waals surface area contributed by atoms with Crippen molar-refractivity contribution in [3.05, 3.63) is 28.8 Å². The fraction of sp³-hybridized carbons (Fsp3) is 0.538. The highest BCUT2D eigenvalue weighted by atomic mass is 16.5. The van der Waals surface area contributed by atoms with Crippen molar-refractivity contribution < 1.29 is 4.74 Å². The third-order valence-electron chi connectivity index (χ3n) is 2.85. The average molecular weight is 237 g/mol. The Morgan fingerprint density at radius 2 is 2.06 bits per heavy atom. The molecule has 0 spiro atoms. The highest BCUT2D eigenvalue weighted by Crippen LogP contribution is 2.29. The molecule has 0 saturated heterocycles. The van der Waals surface area contributed by atoms with Gasteiger partial charge in [0.05, 0.1) is 13.8 Å². The highest BCUT2D eigenvalue weighted by Gasteiger charge is 2.10. The van der Waals surface area contributed by atoms with Crippen LogP contribution in [0.3, 0.4) is 0 Å². The van der Waals surface area contributed by atoms with Crippen LogP contribution in [-0.4, -0.2) is 13.8 Å². The van der Waals surface area contributed by atoms with Crippen molar-refractivity contribution in [2.75, 3.05) is 13.8 Å². The molecule has 0 fully saturated rings. The number of nitrogens with one attached hydrogen (secondary N) is 2. The molecule has 0 aliphatic rings. The first-order chi connectivity index (χ1) is 8.10. The minimum Gasteiger partial charge on any atom is -0.496 e. The van der Waals surface area contributed by atoms with Gasteiger partial charge in [0.1, 0.15) is 5.75 Å². The Kier molecular flexibility index (Phi) is 5.41. The van der Waals surface area contributed by atoms with Gasteiger partial charge < -0.3 is 4.74 Å². The van der Waals surface area contributed by atoms with Crippen LogP contribution < -0.4 is 21.3 Å². The van der Waals surface area contributed by atoms with Crippen LogP contribution in [0.4, 0.5) is 0 Å². The van der Waals surface area contributed by atoms with Gasteiger partial charge in [-0.05, 0) is 35.6 Å². The van der Waals surface area contributed by atoms with Crippen LogP contribution in [0.1, 0.15) is 36.5 Å². The lowest BCUT2D eigenvalue weighted by atomic mass is 9.96. The molecule has 0 aliphatic carbocycles. The summed E-state index contributed by atoms with van der Waals surface area (Å²) in [6.45, 7) is 7.85. The van der Waals surface area contributed by atoms with Gasteiger partial charge in [-0.25, -0.2) is 5.43 Å². The third kappa shape index (κ3) is 3.70. The van der Waals surface area contributed by atoms with E-state index in [1.165, 1.54) is 16.7 Å². The predicted molar refractivity (Wildman–Crippen MR) is 70.8 cm³/mol. The monoisotopic (exact) mass is 237 g/mol. The molecule has 4 heteroatoms. The number of hydrogen-bond acceptors (Lipinski definition) is 4. The second kappa shape index (κ2) is 6.59. The summed E-state index contributed by atoms with van der Waals surface area (Å²) in [5.74, 6) is 6.65. The SMILES string of the molecule is COc1cc(C)c(CNCNN)cc1C(C)C. The van der Waals surface area contributed by atoms with Crippen LogP contribution >= 0.6 is 0 Å². The number of benzene rings is 1. The van der Waals surface area contributed by atoms with Crippen molar-refractivity contribution in [3.8, 4) is 5.75 Å². The Morgan fingerprint density at radius 3 is 2.59 bits per heavy atom. The summed E-state index contributed by atoms with van der Waals surface area (Å²) >= 11 is 0. The van der Waals surface area contributed by atoms with Crippen LogP contribution in [0.5, 0.6) is 5.75 Å². The molecule has 1 rings (SSSR count). The van der Waals surface area contributed by atoms with Crippen LogP contribution in [0.25, 0.3) is 0 Å². The molecule has 1 aromatic carbocycles. The molecule has 96 valence electrons. The topological polar surface area (TPSA) is 59.3 Å². The zero-order valence-corrected chi connectivity index (χ0v) is 11.1. The van der Waals surface area contributed by atoms with E-state index in [2.05, 4.69) is 43.6 Å². The quantitative estimate of drug-likeness (QED) is 0.305. The summed E-state index contributed by atoms with van der Waals surface area (Å²) in [6, 6.07) is 4.31. The average Bonchev–Trinajstić information content (AvgIpc) is 2.30. The lowest BCUT2D eigenvalue weighted by molar-refractivity contribution is 0.407. The van der Waals surface area contributed by atoms with Crippen LogP contribution in [0.2, 0.25) is 0 Å². The first-order valence-corrected chi connectivity index (χ1v) is 5.91. The van der Waals surface area contributed by atoms with Gasteiger partial charge in [0.25, 0.3) is 0 Å². The number of rotatable bonds is 6. The largest absolute Gasteiger partial charge is 0.496 e. The molecule has 0 radical (unpaired) electrons. The van der Waals surface area contributed by atoms with E-state index in [1.807, 2.05) is 0 Å². The molecule has 17 heavy (non-hydrogen) atoms. The van der Waals surface area contributed by atoms with Crippen LogP contribution in [-0.2, 0) is 6.54 Å². The molecule has 0 unspecified atom stereocenters. The van der Waals surface area contributed by atoms with Crippen molar-refractivity contribution in [2.45, 2.75) is 33.2 Å². The number of nitrogens with two attached hydrogens (primary N) is 1. The molecule has 0 saturated carbocycles. The van der Waals surface area contributed by atoms with Crippen LogP contribution in [0, 0.1) is 6.92 Å². The van der Waals surface area contributed by atoms with Gasteiger partial charge in [-0.2, -0.15) is 0 Å². The number of ether oxygens (including phenoxy) is 1. The number of hydrazine groups is 1. The zero-order chi connectivity index (χ0) is 12.8. The van der Waals surface area contributed by atoms with Crippen molar-refractivity contribution in [1.82, 2.24) is 10.7 Å². The van der Waals surface area contributed by atoms with Crippen molar-refractivity contribution in [1.29, 1.82) is 0 Å². The number of methoxy groups -OCH3 is 1. The normalized spacial score (nSPS) is 10.9. The fourth-order valence-electron chi connectivity index (χ4n) is 1.83. The molecule has 0 aliphatic heterocycles. The Bertz CT molecular complexity index is 364. The smallest absolute Gasteiger partial charge is 0.122 e. The van der Waals surface area contributed by atoms with Gasteiger partial charge in [-0.15, -0.1) is 0 Å². The summed E-state index contributed by atoms with van der Waals surface area (Å²) in [5, 5.41) is 3.22. The predicted octanol–water partition coefficient (Wildman–Crippen LogP) is 1.64. The maximum absolute atomic E-state index is 5.42. The van der Waals surface area contributed by atoms with E-state index in [0.717, 1.165) is 12.3 Å². The summed E-state index contributed by atoms with van der Waals surface area (Å²) in [4.78, 5) is 0. The minimum absolute atomic E-state index is 0.455. The molecule has 0 atom stereocenters. The molecule has 0 amide bonds. The van der Waals surface area contributed by atoms with E-state index in [9.17, 15) is 0 Å². The molecule has 1 aromatic rings. The van der Waals surface area contributed by atoms with Gasteiger partial charge in [0.15, 0.2) is 0 Å². The lowest BCUT2D eigenvalue weighted by Crippen LogP contribution is -2.33. The van der Waals surface area contributed by atoms with Crippen molar-refractivity contribution in [3.63, 3.8) is 0 Å². The van der Waals surface area contributed by atoms with E-state index >= 15 is 0 Å². The zero-order valence-electron chi connectivity index (χ0n) is 11.1. The fourth-order valence-corrected chi connectivity index (χ4v) is 1.83. The molecular weight excluding hydrogens is 214 g/mol. The van der Waals surface area contributed by atoms with E-state index < -0.39 is 0 Å². The molecule has 0 bridgehead atoms. The van der Waals surface area contributed by atoms with Crippen molar-refractivity contribution in [2.24, 2.45) is 5.84 Å². The Hall–Kier alpha value is -1.10. The van der Waals surface area contributed by atoms with E-state index in [-0.39, 0.29) is 0 Å². The molecular formula is C13H23N3O. The van der Waals surface area contributed by atoms with Gasteiger partial charge >= 0.3 is 0 Å². The van der Waals surface area contributed by atoms with E-state index in [1.54, 1.807) is 7.11 Å². The number of aryl methyl sites for hydroxylation is 1. The summed E-state index contributed by atoms with van der Waals surface area (Å²) in [5.41, 5.74) is 6.34. The Balaban J connectivity index is 2.94.